The number of halogens is 1. The summed E-state index contributed by atoms with van der Waals surface area (Å²) in [7, 11) is 0. The van der Waals surface area contributed by atoms with Crippen LogP contribution in [0.15, 0.2) is 48.7 Å². The third-order valence-corrected chi connectivity index (χ3v) is 8.18. The van der Waals surface area contributed by atoms with E-state index in [1.165, 1.54) is 12.1 Å². The molecular formula is C29H33FN2O4. The number of hydrogen-bond acceptors (Lipinski definition) is 5. The van der Waals surface area contributed by atoms with E-state index in [9.17, 15) is 14.0 Å². The molecule has 2 aromatic rings. The molecule has 7 atom stereocenters. The average molecular weight is 493 g/mol. The van der Waals surface area contributed by atoms with Gasteiger partial charge in [-0.25, -0.2) is 9.18 Å². The monoisotopic (exact) mass is 492 g/mol. The standard InChI is InChI=1S/C29H33FN2O4/c1-3-35-29(34)32-23-10-11-24-20(14-23)15-26-27(17(2)36-28(26)33)25(24)12-9-22-8-7-19(16-31-22)18-5-4-6-21(30)13-18/h4-9,12-13,16-17,20,23-27H,3,10-11,14-15H2,1-2H3,(H,32,34)/t17-,20+,23+,24+,25-,26-,27-/m1/s1. The summed E-state index contributed by atoms with van der Waals surface area (Å²) in [5, 5.41) is 3.00. The summed E-state index contributed by atoms with van der Waals surface area (Å²) in [5.41, 5.74) is 2.48. The van der Waals surface area contributed by atoms with Crippen LogP contribution in [0.5, 0.6) is 0 Å². The molecule has 5 rings (SSSR count). The number of ether oxygens (including phenoxy) is 2. The van der Waals surface area contributed by atoms with Crippen LogP contribution in [-0.2, 0) is 14.3 Å². The molecule has 1 aromatic heterocycles. The van der Waals surface area contributed by atoms with E-state index in [-0.39, 0.29) is 47.8 Å². The molecular weight excluding hydrogens is 459 g/mol. The Morgan fingerprint density at radius 2 is 2.08 bits per heavy atom. The summed E-state index contributed by atoms with van der Waals surface area (Å²) in [6.07, 6.45) is 9.07. The van der Waals surface area contributed by atoms with Gasteiger partial charge in [0.1, 0.15) is 11.9 Å². The molecule has 1 aromatic carbocycles. The van der Waals surface area contributed by atoms with Crippen LogP contribution in [0.2, 0.25) is 0 Å². The van der Waals surface area contributed by atoms with Crippen molar-refractivity contribution in [2.24, 2.45) is 29.6 Å². The van der Waals surface area contributed by atoms with Crippen LogP contribution in [-0.4, -0.2) is 35.8 Å². The SMILES string of the molecule is CCOC(=O)N[C@H]1CC[C@H]2[C@@H](C1)C[C@H]1C(=O)O[C@H](C)[C@@H]1[C@@H]2C=Cc1ccc(-c2cccc(F)c2)cn1. The Morgan fingerprint density at radius 1 is 1.22 bits per heavy atom. The van der Waals surface area contributed by atoms with Crippen molar-refractivity contribution in [1.29, 1.82) is 0 Å². The van der Waals surface area contributed by atoms with Gasteiger partial charge >= 0.3 is 12.1 Å². The van der Waals surface area contributed by atoms with Crippen LogP contribution in [0.4, 0.5) is 9.18 Å². The minimum absolute atomic E-state index is 0.0679. The number of pyridine rings is 1. The van der Waals surface area contributed by atoms with Crippen molar-refractivity contribution in [3.05, 3.63) is 60.2 Å². The molecule has 36 heavy (non-hydrogen) atoms. The Kier molecular flexibility index (Phi) is 7.08. The fraction of sp³-hybridized carbons (Fsp3) is 0.483. The molecule has 0 unspecified atom stereocenters. The zero-order chi connectivity index (χ0) is 25.2. The third kappa shape index (κ3) is 5.01. The molecule has 1 amide bonds. The summed E-state index contributed by atoms with van der Waals surface area (Å²) in [4.78, 5) is 29.2. The fourth-order valence-corrected chi connectivity index (χ4v) is 6.64. The number of aromatic nitrogens is 1. The van der Waals surface area contributed by atoms with Gasteiger partial charge in [-0.1, -0.05) is 24.3 Å². The molecule has 6 nitrogen and oxygen atoms in total. The predicted octanol–water partition coefficient (Wildman–Crippen LogP) is 5.63. The number of carbonyl (C=O) groups excluding carboxylic acids is 2. The molecule has 1 N–H and O–H groups in total. The summed E-state index contributed by atoms with van der Waals surface area (Å²) < 4.78 is 24.3. The van der Waals surface area contributed by atoms with Crippen LogP contribution in [0.1, 0.15) is 45.2 Å². The zero-order valence-corrected chi connectivity index (χ0v) is 20.7. The molecule has 2 heterocycles. The maximum Gasteiger partial charge on any atom is 0.407 e. The van der Waals surface area contributed by atoms with Gasteiger partial charge in [0.15, 0.2) is 0 Å². The minimum Gasteiger partial charge on any atom is -0.462 e. The van der Waals surface area contributed by atoms with Crippen LogP contribution < -0.4 is 5.32 Å². The number of amides is 1. The number of fused-ring (bicyclic) bond motifs is 2. The van der Waals surface area contributed by atoms with Crippen LogP contribution in [0.25, 0.3) is 17.2 Å². The summed E-state index contributed by atoms with van der Waals surface area (Å²) in [6, 6.07) is 10.4. The quantitative estimate of drug-likeness (QED) is 0.548. The first kappa shape index (κ1) is 24.5. The van der Waals surface area contributed by atoms with Crippen molar-refractivity contribution in [1.82, 2.24) is 10.3 Å². The third-order valence-electron chi connectivity index (χ3n) is 8.18. The number of carbonyl (C=O) groups is 2. The van der Waals surface area contributed by atoms with Gasteiger partial charge in [0.25, 0.3) is 0 Å². The second-order valence-corrected chi connectivity index (χ2v) is 10.3. The summed E-state index contributed by atoms with van der Waals surface area (Å²) in [6.45, 7) is 4.15. The predicted molar refractivity (Wildman–Crippen MR) is 134 cm³/mol. The second kappa shape index (κ2) is 10.4. The van der Waals surface area contributed by atoms with Crippen molar-refractivity contribution < 1.29 is 23.5 Å². The molecule has 0 bridgehead atoms. The maximum atomic E-state index is 13.6. The summed E-state index contributed by atoms with van der Waals surface area (Å²) in [5.74, 6) is 0.629. The van der Waals surface area contributed by atoms with Crippen molar-refractivity contribution in [3.8, 4) is 11.1 Å². The van der Waals surface area contributed by atoms with E-state index in [1.807, 2.05) is 31.2 Å². The minimum atomic E-state index is -0.368. The molecule has 3 fully saturated rings. The first-order chi connectivity index (χ1) is 17.4. The van der Waals surface area contributed by atoms with Crippen molar-refractivity contribution >= 4 is 18.1 Å². The highest BCUT2D eigenvalue weighted by Gasteiger charge is 2.54. The molecule has 190 valence electrons. The molecule has 1 aliphatic heterocycles. The van der Waals surface area contributed by atoms with Gasteiger partial charge in [-0.05, 0) is 87.1 Å². The van der Waals surface area contributed by atoms with E-state index >= 15 is 0 Å². The number of esters is 1. The molecule has 3 aliphatic rings. The first-order valence-electron chi connectivity index (χ1n) is 13.0. The molecule has 0 radical (unpaired) electrons. The van der Waals surface area contributed by atoms with Crippen molar-refractivity contribution in [2.75, 3.05) is 6.61 Å². The highest BCUT2D eigenvalue weighted by molar-refractivity contribution is 5.75. The summed E-state index contributed by atoms with van der Waals surface area (Å²) >= 11 is 0. The molecule has 7 heteroatoms. The van der Waals surface area contributed by atoms with Crippen LogP contribution in [0, 0.1) is 35.4 Å². The van der Waals surface area contributed by atoms with E-state index in [0.717, 1.165) is 42.5 Å². The fourth-order valence-electron chi connectivity index (χ4n) is 6.64. The zero-order valence-electron chi connectivity index (χ0n) is 20.7. The lowest BCUT2D eigenvalue weighted by atomic mass is 9.57. The normalized spacial score (nSPS) is 31.4. The number of nitrogens with zero attached hydrogens (tertiary/aromatic N) is 1. The van der Waals surface area contributed by atoms with Gasteiger partial charge in [-0.15, -0.1) is 0 Å². The molecule has 2 aliphatic carbocycles. The smallest absolute Gasteiger partial charge is 0.407 e. The van der Waals surface area contributed by atoms with E-state index in [2.05, 4.69) is 16.4 Å². The van der Waals surface area contributed by atoms with Gasteiger partial charge in [-0.3, -0.25) is 9.78 Å². The first-order valence-corrected chi connectivity index (χ1v) is 13.0. The Hall–Kier alpha value is -3.22. The highest BCUT2D eigenvalue weighted by atomic mass is 19.1. The Bertz CT molecular complexity index is 1130. The Labute approximate surface area is 211 Å². The topological polar surface area (TPSA) is 77.5 Å². The number of benzene rings is 1. The number of nitrogens with one attached hydrogen (secondary N) is 1. The molecule has 0 spiro atoms. The average Bonchev–Trinajstić information content (AvgIpc) is 3.15. The Morgan fingerprint density at radius 3 is 2.83 bits per heavy atom. The van der Waals surface area contributed by atoms with Gasteiger partial charge in [0.2, 0.25) is 0 Å². The van der Waals surface area contributed by atoms with Crippen LogP contribution >= 0.6 is 0 Å². The number of hydrogen-bond donors (Lipinski definition) is 1. The lowest BCUT2D eigenvalue weighted by molar-refractivity contribution is -0.144. The number of rotatable bonds is 5. The van der Waals surface area contributed by atoms with Gasteiger partial charge < -0.3 is 14.8 Å². The van der Waals surface area contributed by atoms with Crippen molar-refractivity contribution in [3.63, 3.8) is 0 Å². The lowest BCUT2D eigenvalue weighted by Crippen LogP contribution is -2.48. The maximum absolute atomic E-state index is 13.6. The van der Waals surface area contributed by atoms with Crippen LogP contribution in [0.3, 0.4) is 0 Å². The van der Waals surface area contributed by atoms with Gasteiger partial charge in [0.05, 0.1) is 18.2 Å². The van der Waals surface area contributed by atoms with Gasteiger partial charge in [-0.2, -0.15) is 0 Å². The number of alkyl carbamates (subject to hydrolysis) is 1. The van der Waals surface area contributed by atoms with E-state index in [4.69, 9.17) is 9.47 Å². The van der Waals surface area contributed by atoms with E-state index < -0.39 is 0 Å². The molecule has 1 saturated heterocycles. The molecule has 2 saturated carbocycles. The number of allylic oxidation sites excluding steroid dienone is 1. The van der Waals surface area contributed by atoms with E-state index in [1.54, 1.807) is 19.2 Å². The van der Waals surface area contributed by atoms with Gasteiger partial charge in [0, 0.05) is 23.7 Å². The van der Waals surface area contributed by atoms with E-state index in [0.29, 0.717) is 18.4 Å². The Balaban J connectivity index is 1.34. The largest absolute Gasteiger partial charge is 0.462 e. The second-order valence-electron chi connectivity index (χ2n) is 10.3. The van der Waals surface area contributed by atoms with Crippen molar-refractivity contribution in [2.45, 2.75) is 51.7 Å². The lowest BCUT2D eigenvalue weighted by Gasteiger charge is -2.47. The highest BCUT2D eigenvalue weighted by Crippen LogP contribution is 2.53. The number of cyclic esters (lactones) is 1.